The topological polar surface area (TPSA) is 108 Å². The fourth-order valence-corrected chi connectivity index (χ4v) is 5.59. The van der Waals surface area contributed by atoms with Crippen LogP contribution in [0.3, 0.4) is 0 Å². The molecule has 3 heterocycles. The Morgan fingerprint density at radius 3 is 2.63 bits per heavy atom. The molecule has 3 amide bonds. The van der Waals surface area contributed by atoms with Gasteiger partial charge in [-0.25, -0.2) is 0 Å². The van der Waals surface area contributed by atoms with Gasteiger partial charge in [0.2, 0.25) is 17.7 Å². The van der Waals surface area contributed by atoms with Gasteiger partial charge in [-0.05, 0) is 32.1 Å². The molecule has 0 aromatic rings. The molecule has 0 saturated carbocycles. The number of fused-ring (bicyclic) bond motifs is 1. The van der Waals surface area contributed by atoms with Crippen LogP contribution in [-0.4, -0.2) is 72.2 Å². The van der Waals surface area contributed by atoms with Crippen molar-refractivity contribution in [3.05, 3.63) is 0 Å². The van der Waals surface area contributed by atoms with Crippen molar-refractivity contribution in [3.8, 4) is 0 Å². The minimum absolute atomic E-state index is 0.123. The number of carbonyl (C=O) groups is 3. The monoisotopic (exact) mass is 423 g/mol. The Labute approximate surface area is 179 Å². The predicted molar refractivity (Wildman–Crippen MR) is 111 cm³/mol. The van der Waals surface area contributed by atoms with Crippen molar-refractivity contribution < 1.29 is 24.2 Å². The molecular weight excluding hydrogens is 386 g/mol. The van der Waals surface area contributed by atoms with Crippen molar-refractivity contribution in [1.29, 1.82) is 0 Å². The van der Waals surface area contributed by atoms with E-state index >= 15 is 0 Å². The number of rotatable bonds is 12. The molecule has 0 aromatic heterocycles. The minimum atomic E-state index is -0.890. The highest BCUT2D eigenvalue weighted by Crippen LogP contribution is 2.58. The third-order valence-electron chi connectivity index (χ3n) is 6.98. The zero-order chi connectivity index (χ0) is 21.7. The highest BCUT2D eigenvalue weighted by atomic mass is 16.5. The molecule has 1 spiro atoms. The third kappa shape index (κ3) is 4.08. The minimum Gasteiger partial charge on any atom is -0.396 e. The Balaban J connectivity index is 1.78. The molecule has 3 rings (SSSR count). The standard InChI is InChI=1S/C22H37N3O5/c1-3-4-7-12-24-20(28)18-22-11-10-15(30-22)16(19(27)23-2)17(22)21(29)25(18)13-8-5-6-9-14-26/h15-18,26H,3-14H2,1-2H3,(H,23,27)(H,24,28)/t15-,16+,17-,18?,22?/m0/s1. The van der Waals surface area contributed by atoms with Crippen LogP contribution >= 0.6 is 0 Å². The fraction of sp³-hybridized carbons (Fsp3) is 0.864. The zero-order valence-corrected chi connectivity index (χ0v) is 18.3. The van der Waals surface area contributed by atoms with Gasteiger partial charge in [0, 0.05) is 26.7 Å². The summed E-state index contributed by atoms with van der Waals surface area (Å²) < 4.78 is 6.31. The first-order valence-corrected chi connectivity index (χ1v) is 11.6. The highest BCUT2D eigenvalue weighted by Gasteiger charge is 2.74. The number of nitrogens with zero attached hydrogens (tertiary/aromatic N) is 1. The van der Waals surface area contributed by atoms with Crippen LogP contribution in [0, 0.1) is 11.8 Å². The average Bonchev–Trinajstić information content (AvgIpc) is 3.38. The Bertz CT molecular complexity index is 642. The van der Waals surface area contributed by atoms with E-state index in [4.69, 9.17) is 9.84 Å². The second-order valence-electron chi connectivity index (χ2n) is 8.84. The first-order chi connectivity index (χ1) is 14.5. The lowest BCUT2D eigenvalue weighted by molar-refractivity contribution is -0.142. The maximum Gasteiger partial charge on any atom is 0.245 e. The molecule has 0 aromatic carbocycles. The fourth-order valence-electron chi connectivity index (χ4n) is 5.59. The third-order valence-corrected chi connectivity index (χ3v) is 6.98. The largest absolute Gasteiger partial charge is 0.396 e. The molecule has 0 aliphatic carbocycles. The summed E-state index contributed by atoms with van der Waals surface area (Å²) in [5.74, 6) is -1.56. The van der Waals surface area contributed by atoms with E-state index in [1.807, 2.05) is 0 Å². The average molecular weight is 424 g/mol. The van der Waals surface area contributed by atoms with Crippen LogP contribution in [0.2, 0.25) is 0 Å². The van der Waals surface area contributed by atoms with E-state index in [0.717, 1.165) is 44.9 Å². The van der Waals surface area contributed by atoms with Gasteiger partial charge in [0.15, 0.2) is 0 Å². The highest BCUT2D eigenvalue weighted by molar-refractivity contribution is 5.98. The smallest absolute Gasteiger partial charge is 0.245 e. The van der Waals surface area contributed by atoms with Crippen molar-refractivity contribution in [2.75, 3.05) is 26.7 Å². The number of carbonyl (C=O) groups excluding carboxylic acids is 3. The van der Waals surface area contributed by atoms with E-state index in [-0.39, 0.29) is 30.4 Å². The summed E-state index contributed by atoms with van der Waals surface area (Å²) in [5.41, 5.74) is -0.890. The lowest BCUT2D eigenvalue weighted by Crippen LogP contribution is -2.55. The number of hydrogen-bond acceptors (Lipinski definition) is 5. The maximum atomic E-state index is 13.5. The number of aliphatic hydroxyl groups is 1. The summed E-state index contributed by atoms with van der Waals surface area (Å²) in [4.78, 5) is 41.0. The second kappa shape index (κ2) is 10.1. The summed E-state index contributed by atoms with van der Waals surface area (Å²) in [5, 5.41) is 14.7. The molecule has 8 nitrogen and oxygen atoms in total. The molecule has 8 heteroatoms. The maximum absolute atomic E-state index is 13.5. The van der Waals surface area contributed by atoms with E-state index in [0.29, 0.717) is 25.9 Å². The zero-order valence-electron chi connectivity index (χ0n) is 18.3. The molecule has 5 atom stereocenters. The molecule has 30 heavy (non-hydrogen) atoms. The van der Waals surface area contributed by atoms with Gasteiger partial charge in [-0.15, -0.1) is 0 Å². The van der Waals surface area contributed by atoms with Gasteiger partial charge < -0.3 is 25.4 Å². The van der Waals surface area contributed by atoms with Crippen LogP contribution in [0.15, 0.2) is 0 Å². The van der Waals surface area contributed by atoms with Crippen LogP contribution in [0.5, 0.6) is 0 Å². The predicted octanol–water partition coefficient (Wildman–Crippen LogP) is 0.966. The SMILES string of the molecule is CCCCCNC(=O)C1N(CCCCCCO)C(=O)[C@@H]2[C@H](C(=O)NC)[C@@H]3CCC12O3. The van der Waals surface area contributed by atoms with Gasteiger partial charge in [-0.3, -0.25) is 14.4 Å². The van der Waals surface area contributed by atoms with Crippen LogP contribution in [0.4, 0.5) is 0 Å². The van der Waals surface area contributed by atoms with Gasteiger partial charge in [0.1, 0.15) is 11.6 Å². The number of amides is 3. The first kappa shape index (κ1) is 23.0. The van der Waals surface area contributed by atoms with Gasteiger partial charge in [-0.1, -0.05) is 32.6 Å². The number of aliphatic hydroxyl groups excluding tert-OH is 1. The van der Waals surface area contributed by atoms with Crippen molar-refractivity contribution in [2.45, 2.75) is 82.5 Å². The summed E-state index contributed by atoms with van der Waals surface area (Å²) in [6, 6.07) is -0.672. The molecule has 3 N–H and O–H groups in total. The molecule has 3 fully saturated rings. The van der Waals surface area contributed by atoms with Gasteiger partial charge in [0.05, 0.1) is 17.9 Å². The molecule has 2 unspecified atom stereocenters. The van der Waals surface area contributed by atoms with Crippen LogP contribution < -0.4 is 10.6 Å². The van der Waals surface area contributed by atoms with E-state index in [2.05, 4.69) is 17.6 Å². The van der Waals surface area contributed by atoms with E-state index in [1.54, 1.807) is 11.9 Å². The molecule has 2 bridgehead atoms. The number of hydrogen-bond donors (Lipinski definition) is 3. The van der Waals surface area contributed by atoms with Crippen molar-refractivity contribution in [3.63, 3.8) is 0 Å². The van der Waals surface area contributed by atoms with Crippen molar-refractivity contribution in [1.82, 2.24) is 15.5 Å². The van der Waals surface area contributed by atoms with Gasteiger partial charge in [0.25, 0.3) is 0 Å². The molecule has 3 aliphatic heterocycles. The van der Waals surface area contributed by atoms with Crippen LogP contribution in [-0.2, 0) is 19.1 Å². The van der Waals surface area contributed by atoms with Crippen molar-refractivity contribution in [2.24, 2.45) is 11.8 Å². The first-order valence-electron chi connectivity index (χ1n) is 11.6. The lowest BCUT2D eigenvalue weighted by Gasteiger charge is -2.33. The van der Waals surface area contributed by atoms with Crippen LogP contribution in [0.25, 0.3) is 0 Å². The molecule has 3 saturated heterocycles. The van der Waals surface area contributed by atoms with Gasteiger partial charge in [-0.2, -0.15) is 0 Å². The number of ether oxygens (including phenoxy) is 1. The molecule has 3 aliphatic rings. The number of nitrogens with one attached hydrogen (secondary N) is 2. The Kier molecular flexibility index (Phi) is 7.74. The molecular formula is C22H37N3O5. The van der Waals surface area contributed by atoms with Crippen LogP contribution in [0.1, 0.15) is 64.7 Å². The Morgan fingerprint density at radius 2 is 1.93 bits per heavy atom. The number of unbranched alkanes of at least 4 members (excludes halogenated alkanes) is 5. The summed E-state index contributed by atoms with van der Waals surface area (Å²) in [6.07, 6.45) is 7.35. The summed E-state index contributed by atoms with van der Waals surface area (Å²) >= 11 is 0. The van der Waals surface area contributed by atoms with E-state index in [1.165, 1.54) is 0 Å². The number of likely N-dealkylation sites (tertiary alicyclic amines) is 1. The molecule has 170 valence electrons. The quantitative estimate of drug-likeness (QED) is 0.405. The van der Waals surface area contributed by atoms with E-state index in [9.17, 15) is 14.4 Å². The summed E-state index contributed by atoms with van der Waals surface area (Å²) in [6.45, 7) is 3.35. The normalized spacial score (nSPS) is 31.8. The molecule has 0 radical (unpaired) electrons. The Morgan fingerprint density at radius 1 is 1.17 bits per heavy atom. The van der Waals surface area contributed by atoms with Gasteiger partial charge >= 0.3 is 0 Å². The Hall–Kier alpha value is -1.67. The lowest BCUT2D eigenvalue weighted by atomic mass is 9.70. The second-order valence-corrected chi connectivity index (χ2v) is 8.84. The van der Waals surface area contributed by atoms with Crippen molar-refractivity contribution >= 4 is 17.7 Å². The summed E-state index contributed by atoms with van der Waals surface area (Å²) in [7, 11) is 1.58. The van der Waals surface area contributed by atoms with E-state index < -0.39 is 23.5 Å².